The predicted molar refractivity (Wildman–Crippen MR) is 127 cm³/mol. The van der Waals surface area contributed by atoms with E-state index in [2.05, 4.69) is 28.3 Å². The van der Waals surface area contributed by atoms with E-state index in [-0.39, 0.29) is 0 Å². The number of rotatable bonds is 13. The number of benzene rings is 1. The summed E-state index contributed by atoms with van der Waals surface area (Å²) in [5, 5.41) is 50.9. The van der Waals surface area contributed by atoms with Crippen LogP contribution in [0.15, 0.2) is 35.4 Å². The largest absolute Gasteiger partial charge is 0.394 e. The van der Waals surface area contributed by atoms with Crippen LogP contribution in [0.3, 0.4) is 0 Å². The van der Waals surface area contributed by atoms with Gasteiger partial charge in [-0.3, -0.25) is 0 Å². The molecular formula is C23H36N4O5S. The molecule has 0 aliphatic carbocycles. The number of hydrogen-bond donors (Lipinski definition) is 6. The Morgan fingerprint density at radius 3 is 2.27 bits per heavy atom. The summed E-state index contributed by atoms with van der Waals surface area (Å²) in [4.78, 5) is 0.971. The van der Waals surface area contributed by atoms with Crippen LogP contribution >= 0.6 is 12.6 Å². The molecule has 1 saturated heterocycles. The molecule has 3 rings (SSSR count). The molecule has 0 amide bonds. The Morgan fingerprint density at radius 1 is 0.909 bits per heavy atom. The number of aliphatic hydroxyl groups is 4. The van der Waals surface area contributed by atoms with Crippen LogP contribution in [0.1, 0.15) is 56.9 Å². The Hall–Kier alpha value is -1.69. The Labute approximate surface area is 200 Å². The molecule has 0 spiro atoms. The van der Waals surface area contributed by atoms with Crippen molar-refractivity contribution in [1.29, 1.82) is 0 Å². The number of unbranched alkanes of at least 4 members (excludes halogenated alkanes) is 6. The van der Waals surface area contributed by atoms with E-state index in [4.69, 9.17) is 4.74 Å². The van der Waals surface area contributed by atoms with Gasteiger partial charge in [0, 0.05) is 17.1 Å². The molecule has 9 nitrogen and oxygen atoms in total. The van der Waals surface area contributed by atoms with Crippen molar-refractivity contribution < 1.29 is 25.2 Å². The predicted octanol–water partition coefficient (Wildman–Crippen LogP) is 1.92. The summed E-state index contributed by atoms with van der Waals surface area (Å²) >= 11 is 4.29. The second-order valence-corrected chi connectivity index (χ2v) is 9.12. The Morgan fingerprint density at radius 2 is 1.58 bits per heavy atom. The lowest BCUT2D eigenvalue weighted by Gasteiger charge is -2.39. The van der Waals surface area contributed by atoms with Gasteiger partial charge < -0.3 is 30.5 Å². The minimum atomic E-state index is -1.43. The van der Waals surface area contributed by atoms with Crippen LogP contribution in [0.25, 0.3) is 0 Å². The first-order valence-electron chi connectivity index (χ1n) is 11.7. The van der Waals surface area contributed by atoms with Crippen molar-refractivity contribution in [1.82, 2.24) is 15.0 Å². The molecule has 2 heterocycles. The Bertz CT molecular complexity index is 819. The number of nitrogens with one attached hydrogen (secondary N) is 1. The van der Waals surface area contributed by atoms with Crippen molar-refractivity contribution in [3.8, 4) is 0 Å². The number of aromatic nitrogens is 3. The van der Waals surface area contributed by atoms with Gasteiger partial charge >= 0.3 is 0 Å². The van der Waals surface area contributed by atoms with E-state index < -0.39 is 37.3 Å². The van der Waals surface area contributed by atoms with Crippen molar-refractivity contribution in [3.63, 3.8) is 0 Å². The summed E-state index contributed by atoms with van der Waals surface area (Å²) in [6.45, 7) is 0.514. The molecule has 5 N–H and O–H groups in total. The molecule has 1 aromatic carbocycles. The average Bonchev–Trinajstić information content (AvgIpc) is 3.29. The summed E-state index contributed by atoms with van der Waals surface area (Å²) < 4.78 is 6.85. The number of anilines is 1. The fourth-order valence-corrected chi connectivity index (χ4v) is 4.13. The standard InChI is InChI=1S/C23H36N4O5S/c28-15-19-20(29)21(30)22(31)23(32-19)27-14-17(25-26-27)8-6-4-2-1-3-5-7-13-24-16-9-11-18(33)12-10-16/h9-12,14,19-24,28-31,33H,1-8,13,15H2/t19-,20-,21+,22-,23-/m1/s1. The summed E-state index contributed by atoms with van der Waals surface area (Å²) in [6.07, 6.45) is 4.42. The summed E-state index contributed by atoms with van der Waals surface area (Å²) in [5.41, 5.74) is 1.92. The highest BCUT2D eigenvalue weighted by atomic mass is 32.1. The number of aryl methyl sites for hydroxylation is 1. The average molecular weight is 481 g/mol. The molecule has 0 radical (unpaired) electrons. The maximum absolute atomic E-state index is 10.2. The molecular weight excluding hydrogens is 444 g/mol. The molecule has 1 aromatic heterocycles. The smallest absolute Gasteiger partial charge is 0.180 e. The number of aliphatic hydroxyl groups excluding tert-OH is 4. The van der Waals surface area contributed by atoms with Gasteiger partial charge in [0.25, 0.3) is 0 Å². The lowest BCUT2D eigenvalue weighted by Crippen LogP contribution is -2.56. The molecule has 0 unspecified atom stereocenters. The number of ether oxygens (including phenoxy) is 1. The minimum absolute atomic E-state index is 0.469. The highest BCUT2D eigenvalue weighted by molar-refractivity contribution is 7.80. The first kappa shape index (κ1) is 25.9. The lowest BCUT2D eigenvalue weighted by atomic mass is 9.98. The quantitative estimate of drug-likeness (QED) is 0.189. The monoisotopic (exact) mass is 480 g/mol. The third-order valence-electron chi connectivity index (χ3n) is 5.99. The summed E-state index contributed by atoms with van der Waals surface area (Å²) in [7, 11) is 0. The minimum Gasteiger partial charge on any atom is -0.394 e. The topological polar surface area (TPSA) is 133 Å². The van der Waals surface area contributed by atoms with Crippen LogP contribution in [0.2, 0.25) is 0 Å². The molecule has 33 heavy (non-hydrogen) atoms. The van der Waals surface area contributed by atoms with Gasteiger partial charge in [0.15, 0.2) is 6.23 Å². The molecule has 2 aromatic rings. The van der Waals surface area contributed by atoms with Crippen molar-refractivity contribution in [3.05, 3.63) is 36.2 Å². The van der Waals surface area contributed by atoms with E-state index in [0.717, 1.165) is 48.5 Å². The lowest BCUT2D eigenvalue weighted by molar-refractivity contribution is -0.254. The fourth-order valence-electron chi connectivity index (χ4n) is 3.98. The maximum atomic E-state index is 10.2. The van der Waals surface area contributed by atoms with Crippen LogP contribution in [0.5, 0.6) is 0 Å². The molecule has 0 bridgehead atoms. The fraction of sp³-hybridized carbons (Fsp3) is 0.652. The third-order valence-corrected chi connectivity index (χ3v) is 6.29. The normalized spacial score (nSPS) is 25.3. The molecule has 10 heteroatoms. The second kappa shape index (κ2) is 13.3. The summed E-state index contributed by atoms with van der Waals surface area (Å²) in [6, 6.07) is 8.07. The van der Waals surface area contributed by atoms with Crippen molar-refractivity contribution in [2.24, 2.45) is 0 Å². The number of nitrogens with zero attached hydrogens (tertiary/aromatic N) is 3. The molecule has 5 atom stereocenters. The number of hydrogen-bond acceptors (Lipinski definition) is 9. The second-order valence-electron chi connectivity index (χ2n) is 8.61. The first-order chi connectivity index (χ1) is 16.0. The highest BCUT2D eigenvalue weighted by Gasteiger charge is 2.44. The van der Waals surface area contributed by atoms with Gasteiger partial charge in [-0.2, -0.15) is 0 Å². The SMILES string of the molecule is OC[C@H]1O[C@@H](n2cc(CCCCCCCCCNc3ccc(S)cc3)nn2)[C@H](O)[C@@H](O)[C@@H]1O. The molecule has 184 valence electrons. The molecule has 0 saturated carbocycles. The molecule has 1 fully saturated rings. The molecule has 1 aliphatic rings. The highest BCUT2D eigenvalue weighted by Crippen LogP contribution is 2.27. The van der Waals surface area contributed by atoms with E-state index in [1.165, 1.54) is 30.4 Å². The Balaban J connectivity index is 1.26. The van der Waals surface area contributed by atoms with E-state index in [1.807, 2.05) is 24.3 Å². The van der Waals surface area contributed by atoms with Crippen LogP contribution in [-0.4, -0.2) is 73.0 Å². The van der Waals surface area contributed by atoms with Gasteiger partial charge in [-0.15, -0.1) is 17.7 Å². The van der Waals surface area contributed by atoms with E-state index >= 15 is 0 Å². The van der Waals surface area contributed by atoms with Crippen molar-refractivity contribution >= 4 is 18.3 Å². The van der Waals surface area contributed by atoms with Gasteiger partial charge in [0.1, 0.15) is 24.4 Å². The van der Waals surface area contributed by atoms with Crippen LogP contribution < -0.4 is 5.32 Å². The zero-order valence-corrected chi connectivity index (χ0v) is 19.7. The van der Waals surface area contributed by atoms with Gasteiger partial charge in [0.2, 0.25) is 0 Å². The van der Waals surface area contributed by atoms with E-state index in [0.29, 0.717) is 0 Å². The van der Waals surface area contributed by atoms with Gasteiger partial charge in [-0.1, -0.05) is 37.3 Å². The maximum Gasteiger partial charge on any atom is 0.180 e. The van der Waals surface area contributed by atoms with Crippen molar-refractivity contribution in [2.75, 3.05) is 18.5 Å². The Kier molecular flexibility index (Phi) is 10.4. The zero-order valence-electron chi connectivity index (χ0n) is 18.8. The van der Waals surface area contributed by atoms with Crippen LogP contribution in [-0.2, 0) is 11.2 Å². The summed E-state index contributed by atoms with van der Waals surface area (Å²) in [5.74, 6) is 0. The van der Waals surface area contributed by atoms with Crippen molar-refractivity contribution in [2.45, 2.75) is 86.9 Å². The first-order valence-corrected chi connectivity index (χ1v) is 12.2. The van der Waals surface area contributed by atoms with E-state index in [1.54, 1.807) is 6.20 Å². The van der Waals surface area contributed by atoms with E-state index in [9.17, 15) is 20.4 Å². The molecule has 1 aliphatic heterocycles. The third kappa shape index (κ3) is 7.66. The van der Waals surface area contributed by atoms with Gasteiger partial charge in [-0.25, -0.2) is 4.68 Å². The van der Waals surface area contributed by atoms with Crippen LogP contribution in [0, 0.1) is 0 Å². The number of thiol groups is 1. The van der Waals surface area contributed by atoms with Gasteiger partial charge in [-0.05, 0) is 43.5 Å². The van der Waals surface area contributed by atoms with Crippen LogP contribution in [0.4, 0.5) is 5.69 Å². The zero-order chi connectivity index (χ0) is 23.6. The van der Waals surface area contributed by atoms with Gasteiger partial charge in [0.05, 0.1) is 18.5 Å².